The normalized spacial score (nSPS) is 18.9. The number of carboxylic acid groups (broad SMARTS) is 1. The van der Waals surface area contributed by atoms with Crippen LogP contribution in [0.25, 0.3) is 0 Å². The van der Waals surface area contributed by atoms with E-state index in [9.17, 15) is 4.79 Å². The van der Waals surface area contributed by atoms with Crippen molar-refractivity contribution in [2.75, 3.05) is 6.61 Å². The fourth-order valence-electron chi connectivity index (χ4n) is 3.66. The Morgan fingerprint density at radius 3 is 2.93 bits per heavy atom. The maximum Gasteiger partial charge on any atom is 0.304 e. The van der Waals surface area contributed by atoms with E-state index in [2.05, 4.69) is 6.07 Å². The Kier molecular flexibility index (Phi) is 5.53. The minimum absolute atomic E-state index is 0.0856. The molecule has 0 amide bonds. The molecule has 2 aliphatic rings. The van der Waals surface area contributed by atoms with E-state index in [4.69, 9.17) is 19.6 Å². The van der Waals surface area contributed by atoms with Crippen molar-refractivity contribution < 1.29 is 19.4 Å². The summed E-state index contributed by atoms with van der Waals surface area (Å²) in [4.78, 5) is 15.6. The minimum atomic E-state index is -0.807. The molecule has 0 radical (unpaired) electrons. The van der Waals surface area contributed by atoms with Crippen LogP contribution in [0.4, 0.5) is 0 Å². The van der Waals surface area contributed by atoms with Gasteiger partial charge < -0.3 is 14.6 Å². The van der Waals surface area contributed by atoms with Crippen molar-refractivity contribution in [1.82, 2.24) is 4.98 Å². The number of nitrogens with zero attached hydrogens (tertiary/aromatic N) is 1. The smallest absolute Gasteiger partial charge is 0.304 e. The molecule has 0 spiro atoms. The van der Waals surface area contributed by atoms with E-state index in [1.54, 1.807) is 0 Å². The lowest BCUT2D eigenvalue weighted by Crippen LogP contribution is -2.07. The van der Waals surface area contributed by atoms with Gasteiger partial charge in [0.2, 0.25) is 0 Å². The quantitative estimate of drug-likeness (QED) is 0.748. The minimum Gasteiger partial charge on any atom is -0.492 e. The number of fused-ring (bicyclic) bond motifs is 1. The van der Waals surface area contributed by atoms with Crippen molar-refractivity contribution in [1.29, 1.82) is 0 Å². The van der Waals surface area contributed by atoms with Gasteiger partial charge >= 0.3 is 5.97 Å². The summed E-state index contributed by atoms with van der Waals surface area (Å²) < 4.78 is 11.5. The average Bonchev–Trinajstić information content (AvgIpc) is 3.30. The fraction of sp³-hybridized carbons (Fsp3) is 0.429. The Balaban J connectivity index is 1.37. The van der Waals surface area contributed by atoms with Gasteiger partial charge in [0, 0.05) is 22.8 Å². The zero-order chi connectivity index (χ0) is 18.6. The zero-order valence-electron chi connectivity index (χ0n) is 15.1. The van der Waals surface area contributed by atoms with Crippen LogP contribution in [-0.4, -0.2) is 27.9 Å². The standard InChI is InChI=1S/C21H23NO4S/c23-21(24)10-14-12-26-19-11-16(8-9-18(14)19)25-13-15-4-3-7-20(22-15)27-17-5-1-2-6-17/h3-4,7-9,11,14,17H,1-2,5-6,10,12-13H2,(H,23,24). The number of hydrogen-bond acceptors (Lipinski definition) is 5. The lowest BCUT2D eigenvalue weighted by Gasteiger charge is -2.11. The predicted octanol–water partition coefficient (Wildman–Crippen LogP) is 4.65. The second-order valence-electron chi connectivity index (χ2n) is 7.09. The first-order valence-corrected chi connectivity index (χ1v) is 10.3. The third kappa shape index (κ3) is 4.56. The highest BCUT2D eigenvalue weighted by atomic mass is 32.2. The maximum absolute atomic E-state index is 10.9. The lowest BCUT2D eigenvalue weighted by atomic mass is 9.98. The molecule has 0 saturated heterocycles. The molecule has 1 aliphatic heterocycles. The third-order valence-electron chi connectivity index (χ3n) is 5.04. The highest BCUT2D eigenvalue weighted by Gasteiger charge is 2.26. The lowest BCUT2D eigenvalue weighted by molar-refractivity contribution is -0.137. The van der Waals surface area contributed by atoms with Crippen molar-refractivity contribution in [3.63, 3.8) is 0 Å². The van der Waals surface area contributed by atoms with Crippen LogP contribution in [0.2, 0.25) is 0 Å². The summed E-state index contributed by atoms with van der Waals surface area (Å²) in [7, 11) is 0. The van der Waals surface area contributed by atoms with Gasteiger partial charge in [-0.1, -0.05) is 25.0 Å². The molecule has 1 N–H and O–H groups in total. The maximum atomic E-state index is 10.9. The molecule has 0 bridgehead atoms. The van der Waals surface area contributed by atoms with Gasteiger partial charge in [0.25, 0.3) is 0 Å². The molecule has 6 heteroatoms. The molecule has 1 aliphatic carbocycles. The summed E-state index contributed by atoms with van der Waals surface area (Å²) in [5.41, 5.74) is 1.85. The molecule has 2 aromatic rings. The molecule has 1 unspecified atom stereocenters. The highest BCUT2D eigenvalue weighted by Crippen LogP contribution is 2.38. The van der Waals surface area contributed by atoms with Crippen LogP contribution in [0, 0.1) is 0 Å². The number of ether oxygens (including phenoxy) is 2. The Labute approximate surface area is 163 Å². The van der Waals surface area contributed by atoms with Gasteiger partial charge in [-0.05, 0) is 31.0 Å². The second kappa shape index (κ2) is 8.21. The first-order chi connectivity index (χ1) is 13.2. The molecule has 142 valence electrons. The van der Waals surface area contributed by atoms with Crippen LogP contribution in [0.5, 0.6) is 11.5 Å². The van der Waals surface area contributed by atoms with E-state index < -0.39 is 5.97 Å². The van der Waals surface area contributed by atoms with Crippen molar-refractivity contribution in [2.45, 2.75) is 54.9 Å². The molecule has 1 atom stereocenters. The van der Waals surface area contributed by atoms with Crippen LogP contribution in [0.1, 0.15) is 49.3 Å². The van der Waals surface area contributed by atoms with Crippen molar-refractivity contribution in [3.05, 3.63) is 47.7 Å². The Hall–Kier alpha value is -2.21. The number of thioether (sulfide) groups is 1. The summed E-state index contributed by atoms with van der Waals surface area (Å²) in [5, 5.41) is 10.7. The van der Waals surface area contributed by atoms with Gasteiger partial charge in [-0.3, -0.25) is 4.79 Å². The van der Waals surface area contributed by atoms with Crippen LogP contribution in [0.3, 0.4) is 0 Å². The largest absolute Gasteiger partial charge is 0.492 e. The number of aliphatic carboxylic acids is 1. The molecule has 1 aromatic carbocycles. The van der Waals surface area contributed by atoms with Crippen molar-refractivity contribution in [3.8, 4) is 11.5 Å². The Morgan fingerprint density at radius 2 is 2.11 bits per heavy atom. The SMILES string of the molecule is O=C(O)CC1COc2cc(OCc3cccc(SC4CCCC4)n3)ccc21. The van der Waals surface area contributed by atoms with E-state index in [1.807, 2.05) is 42.1 Å². The van der Waals surface area contributed by atoms with Gasteiger partial charge in [-0.15, -0.1) is 11.8 Å². The molecule has 1 aromatic heterocycles. The molecule has 4 rings (SSSR count). The molecular weight excluding hydrogens is 362 g/mol. The molecular formula is C21H23NO4S. The summed E-state index contributed by atoms with van der Waals surface area (Å²) in [5.74, 6) is 0.535. The number of pyridine rings is 1. The molecule has 1 saturated carbocycles. The topological polar surface area (TPSA) is 68.7 Å². The van der Waals surface area contributed by atoms with E-state index in [1.165, 1.54) is 25.7 Å². The number of carboxylic acids is 1. The van der Waals surface area contributed by atoms with E-state index in [-0.39, 0.29) is 12.3 Å². The van der Waals surface area contributed by atoms with E-state index in [0.717, 1.165) is 22.0 Å². The first-order valence-electron chi connectivity index (χ1n) is 9.41. The highest BCUT2D eigenvalue weighted by molar-refractivity contribution is 7.99. The van der Waals surface area contributed by atoms with Crippen molar-refractivity contribution in [2.24, 2.45) is 0 Å². The number of hydrogen-bond donors (Lipinski definition) is 1. The van der Waals surface area contributed by atoms with E-state index in [0.29, 0.717) is 24.2 Å². The zero-order valence-corrected chi connectivity index (χ0v) is 15.9. The molecule has 5 nitrogen and oxygen atoms in total. The van der Waals surface area contributed by atoms with Crippen LogP contribution < -0.4 is 9.47 Å². The van der Waals surface area contributed by atoms with Gasteiger partial charge in [0.15, 0.2) is 0 Å². The molecule has 1 fully saturated rings. The van der Waals surface area contributed by atoms with Crippen molar-refractivity contribution >= 4 is 17.7 Å². The number of benzene rings is 1. The number of carbonyl (C=O) groups is 1. The van der Waals surface area contributed by atoms with Crippen LogP contribution in [-0.2, 0) is 11.4 Å². The Morgan fingerprint density at radius 1 is 1.26 bits per heavy atom. The fourth-order valence-corrected chi connectivity index (χ4v) is 4.90. The average molecular weight is 385 g/mol. The summed E-state index contributed by atoms with van der Waals surface area (Å²) in [6.45, 7) is 0.809. The van der Waals surface area contributed by atoms with Crippen LogP contribution in [0.15, 0.2) is 41.4 Å². The number of aromatic nitrogens is 1. The van der Waals surface area contributed by atoms with Gasteiger partial charge in [0.1, 0.15) is 18.1 Å². The first kappa shape index (κ1) is 18.2. The second-order valence-corrected chi connectivity index (χ2v) is 8.41. The predicted molar refractivity (Wildman–Crippen MR) is 104 cm³/mol. The van der Waals surface area contributed by atoms with E-state index >= 15 is 0 Å². The summed E-state index contributed by atoms with van der Waals surface area (Å²) >= 11 is 1.87. The number of rotatable bonds is 7. The van der Waals surface area contributed by atoms with Gasteiger partial charge in [-0.2, -0.15) is 0 Å². The van der Waals surface area contributed by atoms with Gasteiger partial charge in [-0.25, -0.2) is 4.98 Å². The molecule has 2 heterocycles. The summed E-state index contributed by atoms with van der Waals surface area (Å²) in [6, 6.07) is 11.7. The van der Waals surface area contributed by atoms with Crippen LogP contribution >= 0.6 is 11.8 Å². The monoisotopic (exact) mass is 385 g/mol. The van der Waals surface area contributed by atoms with Gasteiger partial charge in [0.05, 0.1) is 23.7 Å². The Bertz CT molecular complexity index is 820. The summed E-state index contributed by atoms with van der Waals surface area (Å²) in [6.07, 6.45) is 5.31. The third-order valence-corrected chi connectivity index (χ3v) is 6.32. The molecule has 27 heavy (non-hydrogen) atoms.